The Hall–Kier alpha value is -3.81. The molecule has 1 fully saturated rings. The molecule has 2 heterocycles. The van der Waals surface area contributed by atoms with Gasteiger partial charge in [-0.2, -0.15) is 4.98 Å². The summed E-state index contributed by atoms with van der Waals surface area (Å²) in [7, 11) is 0. The first-order valence-electron chi connectivity index (χ1n) is 10.7. The molecule has 35 heavy (non-hydrogen) atoms. The number of halogens is 6. The summed E-state index contributed by atoms with van der Waals surface area (Å²) in [5.41, 5.74) is -1.66. The van der Waals surface area contributed by atoms with E-state index in [1.54, 1.807) is 6.92 Å². The molecule has 0 saturated heterocycles. The Labute approximate surface area is 195 Å². The van der Waals surface area contributed by atoms with Crippen molar-refractivity contribution in [1.29, 1.82) is 0 Å². The third-order valence-electron chi connectivity index (χ3n) is 5.99. The van der Waals surface area contributed by atoms with Crippen molar-refractivity contribution in [3.63, 3.8) is 0 Å². The molecule has 180 valence electrons. The number of hydrogen-bond donors (Lipinski definition) is 1. The van der Waals surface area contributed by atoms with Gasteiger partial charge in [0.1, 0.15) is 17.5 Å². The molecule has 2 aromatic carbocycles. The maximum Gasteiger partial charge on any atom is 0.257 e. The van der Waals surface area contributed by atoms with Gasteiger partial charge < -0.3 is 5.32 Å². The molecule has 0 spiro atoms. The average molecular weight is 489 g/mol. The number of fused-ring (bicyclic) bond motifs is 3. The molecule has 0 radical (unpaired) electrons. The molecule has 0 bridgehead atoms. The van der Waals surface area contributed by atoms with Gasteiger partial charge in [-0.1, -0.05) is 17.9 Å². The lowest BCUT2D eigenvalue weighted by molar-refractivity contribution is 0.0921. The van der Waals surface area contributed by atoms with Crippen molar-refractivity contribution in [3.05, 3.63) is 58.9 Å². The molecule has 0 atom stereocenters. The van der Waals surface area contributed by atoms with Gasteiger partial charge in [0.2, 0.25) is 6.43 Å². The molecule has 4 aromatic rings. The lowest BCUT2D eigenvalue weighted by Crippen LogP contribution is -2.09. The first-order chi connectivity index (χ1) is 16.7. The highest BCUT2D eigenvalue weighted by atomic mass is 19.3. The summed E-state index contributed by atoms with van der Waals surface area (Å²) in [4.78, 5) is 4.28. The minimum atomic E-state index is -2.85. The van der Waals surface area contributed by atoms with Crippen molar-refractivity contribution in [1.82, 2.24) is 19.6 Å². The summed E-state index contributed by atoms with van der Waals surface area (Å²) < 4.78 is 84.4. The average Bonchev–Trinajstić information content (AvgIpc) is 3.52. The van der Waals surface area contributed by atoms with Crippen molar-refractivity contribution < 1.29 is 26.3 Å². The summed E-state index contributed by atoms with van der Waals surface area (Å²) >= 11 is 0. The van der Waals surface area contributed by atoms with Crippen molar-refractivity contribution in [2.45, 2.75) is 39.0 Å². The largest absolute Gasteiger partial charge is 0.337 e. The third-order valence-corrected chi connectivity index (χ3v) is 5.99. The van der Waals surface area contributed by atoms with E-state index in [9.17, 15) is 22.0 Å². The highest BCUT2D eigenvalue weighted by molar-refractivity contribution is 5.96. The van der Waals surface area contributed by atoms with Crippen LogP contribution in [0.1, 0.15) is 29.8 Å². The highest BCUT2D eigenvalue weighted by Gasteiger charge is 2.50. The number of alkyl halides is 4. The van der Waals surface area contributed by atoms with E-state index in [1.807, 2.05) is 0 Å². The van der Waals surface area contributed by atoms with Crippen LogP contribution in [0, 0.1) is 35.8 Å². The van der Waals surface area contributed by atoms with Gasteiger partial charge in [0.15, 0.2) is 5.82 Å². The van der Waals surface area contributed by atoms with Crippen LogP contribution in [0.25, 0.3) is 16.7 Å². The van der Waals surface area contributed by atoms with E-state index in [1.165, 1.54) is 28.7 Å². The van der Waals surface area contributed by atoms with Gasteiger partial charge >= 0.3 is 0 Å². The number of hydrogen-bond acceptors (Lipinski definition) is 4. The van der Waals surface area contributed by atoms with Gasteiger partial charge in [-0.15, -0.1) is 10.2 Å². The van der Waals surface area contributed by atoms with Crippen LogP contribution in [-0.2, 0) is 6.42 Å². The molecule has 1 N–H and O–H groups in total. The first kappa shape index (κ1) is 23.0. The molecule has 5 rings (SSSR count). The molecule has 0 unspecified atom stereocenters. The topological polar surface area (TPSA) is 55.1 Å². The fraction of sp³-hybridized carbons (Fsp3) is 0.292. The Balaban J connectivity index is 1.65. The number of benzene rings is 2. The molecule has 1 saturated carbocycles. The van der Waals surface area contributed by atoms with Crippen molar-refractivity contribution in [3.8, 4) is 11.8 Å². The molecule has 0 amide bonds. The molecule has 2 aromatic heterocycles. The van der Waals surface area contributed by atoms with Crippen molar-refractivity contribution in [2.75, 3.05) is 5.32 Å². The predicted octanol–water partition coefficient (Wildman–Crippen LogP) is 5.81. The second kappa shape index (κ2) is 8.45. The molecular weight excluding hydrogens is 472 g/mol. The Kier molecular flexibility index (Phi) is 5.54. The van der Waals surface area contributed by atoms with Crippen LogP contribution in [0.4, 0.5) is 37.8 Å². The summed E-state index contributed by atoms with van der Waals surface area (Å²) in [5, 5.41) is 10.6. The number of rotatable bonds is 5. The second-order valence-corrected chi connectivity index (χ2v) is 8.36. The Morgan fingerprint density at radius 2 is 1.86 bits per heavy atom. The lowest BCUT2D eigenvalue weighted by atomic mass is 10.0. The number of nitrogens with one attached hydrogen (secondary N) is 1. The second-order valence-electron chi connectivity index (χ2n) is 8.36. The van der Waals surface area contributed by atoms with Gasteiger partial charge in [0.05, 0.1) is 22.2 Å². The van der Waals surface area contributed by atoms with E-state index >= 15 is 4.39 Å². The van der Waals surface area contributed by atoms with Crippen LogP contribution in [0.15, 0.2) is 30.3 Å². The van der Waals surface area contributed by atoms with Crippen LogP contribution in [0.2, 0.25) is 0 Å². The van der Waals surface area contributed by atoms with Gasteiger partial charge in [0, 0.05) is 17.4 Å². The fourth-order valence-electron chi connectivity index (χ4n) is 3.94. The van der Waals surface area contributed by atoms with Crippen LogP contribution in [0.5, 0.6) is 0 Å². The van der Waals surface area contributed by atoms with Crippen molar-refractivity contribution in [2.24, 2.45) is 5.41 Å². The van der Waals surface area contributed by atoms with Gasteiger partial charge in [-0.3, -0.25) is 4.40 Å². The van der Waals surface area contributed by atoms with E-state index in [0.29, 0.717) is 11.3 Å². The Morgan fingerprint density at radius 1 is 1.09 bits per heavy atom. The smallest absolute Gasteiger partial charge is 0.257 e. The predicted molar refractivity (Wildman–Crippen MR) is 117 cm³/mol. The molecule has 0 aliphatic heterocycles. The minimum absolute atomic E-state index is 0.0196. The van der Waals surface area contributed by atoms with E-state index in [4.69, 9.17) is 0 Å². The summed E-state index contributed by atoms with van der Waals surface area (Å²) in [6.07, 6.45) is -5.89. The monoisotopic (exact) mass is 489 g/mol. The van der Waals surface area contributed by atoms with Gasteiger partial charge in [0.25, 0.3) is 12.2 Å². The van der Waals surface area contributed by atoms with Gasteiger partial charge in [-0.25, -0.2) is 26.3 Å². The first-order valence-corrected chi connectivity index (χ1v) is 10.7. The zero-order valence-electron chi connectivity index (χ0n) is 18.2. The third kappa shape index (κ3) is 4.03. The summed E-state index contributed by atoms with van der Waals surface area (Å²) in [6, 6.07) is 6.59. The van der Waals surface area contributed by atoms with Crippen molar-refractivity contribution >= 4 is 28.2 Å². The quantitative estimate of drug-likeness (QED) is 0.284. The molecule has 11 heteroatoms. The van der Waals surface area contributed by atoms with E-state index < -0.39 is 36.3 Å². The maximum absolute atomic E-state index is 15.3. The Bertz CT molecular complexity index is 1510. The molecular formula is C24H17F6N5. The number of nitrogens with zero attached hydrogens (tertiary/aromatic N) is 4. The molecule has 5 nitrogen and oxygen atoms in total. The lowest BCUT2D eigenvalue weighted by Gasteiger charge is -2.15. The minimum Gasteiger partial charge on any atom is -0.337 e. The molecule has 1 aliphatic rings. The fourth-order valence-corrected chi connectivity index (χ4v) is 3.94. The van der Waals surface area contributed by atoms with Crippen LogP contribution in [-0.4, -0.2) is 32.4 Å². The highest BCUT2D eigenvalue weighted by Crippen LogP contribution is 2.50. The van der Waals surface area contributed by atoms with Crippen LogP contribution < -0.4 is 5.32 Å². The van der Waals surface area contributed by atoms with Crippen LogP contribution in [0.3, 0.4) is 0 Å². The maximum atomic E-state index is 15.3. The summed E-state index contributed by atoms with van der Waals surface area (Å²) in [5.74, 6) is 3.64. The normalized spacial score (nSPS) is 14.5. The summed E-state index contributed by atoms with van der Waals surface area (Å²) in [6.45, 7) is 1.62. The Morgan fingerprint density at radius 3 is 2.54 bits per heavy atom. The van der Waals surface area contributed by atoms with Gasteiger partial charge in [-0.05, 0) is 44.0 Å². The SMILES string of the molecule is Cc1nnc2nc(Nc3cccc(C#CC4(C(F)F)CC4)c3F)c3c(CC(F)F)c(F)ccc3n12. The number of anilines is 2. The zero-order valence-corrected chi connectivity index (χ0v) is 18.2. The standard InChI is InChI=1S/C24H17F6N5/c1-12-33-34-23-32-21(19-14(11-18(26)27)15(25)5-6-17(19)35(12)23)31-16-4-2-3-13(20(16)28)7-8-24(9-10-24)22(29)30/h2-6,18,22H,9-11H2,1H3,(H,31,32,34). The number of aryl methyl sites for hydroxylation is 1. The molecule has 1 aliphatic carbocycles. The van der Waals surface area contributed by atoms with E-state index in [2.05, 4.69) is 32.3 Å². The van der Waals surface area contributed by atoms with E-state index in [0.717, 1.165) is 6.07 Å². The zero-order chi connectivity index (χ0) is 24.9. The number of aromatic nitrogens is 4. The van der Waals surface area contributed by atoms with Crippen LogP contribution >= 0.6 is 0 Å². The van der Waals surface area contributed by atoms with E-state index in [-0.39, 0.29) is 46.6 Å².